The lowest BCUT2D eigenvalue weighted by molar-refractivity contribution is 0.490. The SMILES string of the molecule is C=CCCCCCC(CSc1ccccc1F)NCCC. The van der Waals surface area contributed by atoms with Crippen molar-refractivity contribution in [1.82, 2.24) is 5.32 Å². The summed E-state index contributed by atoms with van der Waals surface area (Å²) in [6.45, 7) is 6.97. The Kier molecular flexibility index (Phi) is 10.3. The maximum absolute atomic E-state index is 13.6. The fraction of sp³-hybridized carbons (Fsp3) is 0.556. The summed E-state index contributed by atoms with van der Waals surface area (Å²) in [5.41, 5.74) is 0. The van der Waals surface area contributed by atoms with E-state index in [4.69, 9.17) is 0 Å². The Hall–Kier alpha value is -0.800. The van der Waals surface area contributed by atoms with Gasteiger partial charge >= 0.3 is 0 Å². The van der Waals surface area contributed by atoms with Crippen LogP contribution in [0.5, 0.6) is 0 Å². The van der Waals surface area contributed by atoms with Crippen molar-refractivity contribution in [3.05, 3.63) is 42.7 Å². The Labute approximate surface area is 133 Å². The summed E-state index contributed by atoms with van der Waals surface area (Å²) in [6.07, 6.45) is 9.10. The zero-order valence-corrected chi connectivity index (χ0v) is 13.9. The first-order valence-electron chi connectivity index (χ1n) is 7.99. The smallest absolute Gasteiger partial charge is 0.136 e. The van der Waals surface area contributed by atoms with E-state index in [0.717, 1.165) is 30.0 Å². The molecule has 0 spiro atoms. The van der Waals surface area contributed by atoms with Crippen molar-refractivity contribution in [1.29, 1.82) is 0 Å². The van der Waals surface area contributed by atoms with E-state index in [9.17, 15) is 4.39 Å². The van der Waals surface area contributed by atoms with Crippen molar-refractivity contribution in [2.75, 3.05) is 12.3 Å². The predicted octanol–water partition coefficient (Wildman–Crippen LogP) is 5.42. The van der Waals surface area contributed by atoms with E-state index in [0.29, 0.717) is 6.04 Å². The molecule has 0 aliphatic heterocycles. The predicted molar refractivity (Wildman–Crippen MR) is 92.5 cm³/mol. The number of benzene rings is 1. The van der Waals surface area contributed by atoms with E-state index in [1.165, 1.54) is 31.7 Å². The maximum atomic E-state index is 13.6. The summed E-state index contributed by atoms with van der Waals surface area (Å²) < 4.78 is 13.6. The van der Waals surface area contributed by atoms with Gasteiger partial charge in [-0.3, -0.25) is 0 Å². The highest BCUT2D eigenvalue weighted by molar-refractivity contribution is 7.99. The Balaban J connectivity index is 2.34. The number of rotatable bonds is 12. The van der Waals surface area contributed by atoms with Crippen molar-refractivity contribution in [2.45, 2.75) is 56.4 Å². The normalized spacial score (nSPS) is 12.3. The number of unbranched alkanes of at least 4 members (excludes halogenated alkanes) is 3. The molecular formula is C18H28FNS. The van der Waals surface area contributed by atoms with Crippen LogP contribution < -0.4 is 5.32 Å². The summed E-state index contributed by atoms with van der Waals surface area (Å²) in [7, 11) is 0. The van der Waals surface area contributed by atoms with Gasteiger partial charge in [-0.1, -0.05) is 38.0 Å². The van der Waals surface area contributed by atoms with Gasteiger partial charge in [-0.25, -0.2) is 4.39 Å². The van der Waals surface area contributed by atoms with Crippen LogP contribution in [0.1, 0.15) is 45.4 Å². The highest BCUT2D eigenvalue weighted by Gasteiger charge is 2.10. The highest BCUT2D eigenvalue weighted by atomic mass is 32.2. The zero-order chi connectivity index (χ0) is 15.3. The van der Waals surface area contributed by atoms with Crippen LogP contribution in [0.2, 0.25) is 0 Å². The summed E-state index contributed by atoms with van der Waals surface area (Å²) in [5.74, 6) is 0.824. The second-order valence-corrected chi connectivity index (χ2v) is 6.38. The van der Waals surface area contributed by atoms with Crippen LogP contribution >= 0.6 is 11.8 Å². The van der Waals surface area contributed by atoms with E-state index < -0.39 is 0 Å². The van der Waals surface area contributed by atoms with Crippen LogP contribution in [-0.2, 0) is 0 Å². The minimum Gasteiger partial charge on any atom is -0.313 e. The molecule has 0 aliphatic carbocycles. The topological polar surface area (TPSA) is 12.0 Å². The second-order valence-electron chi connectivity index (χ2n) is 5.32. The molecule has 0 fully saturated rings. The molecule has 0 amide bonds. The van der Waals surface area contributed by atoms with Crippen molar-refractivity contribution in [3.8, 4) is 0 Å². The maximum Gasteiger partial charge on any atom is 0.136 e. The van der Waals surface area contributed by atoms with E-state index in [2.05, 4.69) is 18.8 Å². The fourth-order valence-electron chi connectivity index (χ4n) is 2.20. The van der Waals surface area contributed by atoms with E-state index >= 15 is 0 Å². The molecule has 3 heteroatoms. The van der Waals surface area contributed by atoms with Crippen LogP contribution in [0.3, 0.4) is 0 Å². The van der Waals surface area contributed by atoms with Crippen LogP contribution in [0.25, 0.3) is 0 Å². The molecule has 0 aromatic heterocycles. The Morgan fingerprint density at radius 2 is 2.10 bits per heavy atom. The van der Waals surface area contributed by atoms with Gasteiger partial charge in [-0.2, -0.15) is 0 Å². The fourth-order valence-corrected chi connectivity index (χ4v) is 3.25. The quantitative estimate of drug-likeness (QED) is 0.314. The number of hydrogen-bond acceptors (Lipinski definition) is 2. The summed E-state index contributed by atoms with van der Waals surface area (Å²) in [5, 5.41) is 3.59. The van der Waals surface area contributed by atoms with Crippen LogP contribution in [0.15, 0.2) is 41.8 Å². The molecule has 1 atom stereocenters. The monoisotopic (exact) mass is 309 g/mol. The van der Waals surface area contributed by atoms with Gasteiger partial charge in [0.15, 0.2) is 0 Å². The molecule has 1 nitrogen and oxygen atoms in total. The number of halogens is 1. The molecule has 0 aliphatic rings. The molecule has 1 N–H and O–H groups in total. The third-order valence-corrected chi connectivity index (χ3v) is 4.63. The van der Waals surface area contributed by atoms with Gasteiger partial charge in [-0.05, 0) is 44.4 Å². The molecule has 1 rings (SSSR count). The van der Waals surface area contributed by atoms with Gasteiger partial charge in [0.25, 0.3) is 0 Å². The Bertz CT molecular complexity index is 395. The first-order chi connectivity index (χ1) is 10.3. The zero-order valence-electron chi connectivity index (χ0n) is 13.1. The summed E-state index contributed by atoms with van der Waals surface area (Å²) in [4.78, 5) is 0.757. The first kappa shape index (κ1) is 18.2. The molecule has 21 heavy (non-hydrogen) atoms. The third kappa shape index (κ3) is 8.27. The van der Waals surface area contributed by atoms with Crippen molar-refractivity contribution in [3.63, 3.8) is 0 Å². The molecule has 1 aromatic carbocycles. The molecule has 0 bridgehead atoms. The Morgan fingerprint density at radius 3 is 2.81 bits per heavy atom. The van der Waals surface area contributed by atoms with Gasteiger partial charge in [0.1, 0.15) is 5.82 Å². The van der Waals surface area contributed by atoms with Gasteiger partial charge in [0.05, 0.1) is 0 Å². The van der Waals surface area contributed by atoms with E-state index in [1.807, 2.05) is 18.2 Å². The highest BCUT2D eigenvalue weighted by Crippen LogP contribution is 2.23. The van der Waals surface area contributed by atoms with E-state index in [1.54, 1.807) is 17.8 Å². The molecule has 1 aromatic rings. The van der Waals surface area contributed by atoms with Gasteiger partial charge < -0.3 is 5.32 Å². The second kappa shape index (κ2) is 11.8. The average molecular weight is 309 g/mol. The van der Waals surface area contributed by atoms with Crippen LogP contribution in [0, 0.1) is 5.82 Å². The lowest BCUT2D eigenvalue weighted by atomic mass is 10.1. The Morgan fingerprint density at radius 1 is 1.29 bits per heavy atom. The summed E-state index contributed by atoms with van der Waals surface area (Å²) in [6, 6.07) is 7.51. The van der Waals surface area contributed by atoms with Crippen LogP contribution in [0.4, 0.5) is 4.39 Å². The standard InChI is InChI=1S/C18H28FNS/c1-3-5-6-7-8-11-16(20-14-4-2)15-21-18-13-10-9-12-17(18)19/h3,9-10,12-13,16,20H,1,4-8,11,14-15H2,2H3. The molecule has 0 saturated heterocycles. The molecule has 0 heterocycles. The molecule has 0 saturated carbocycles. The molecule has 0 radical (unpaired) electrons. The van der Waals surface area contributed by atoms with Crippen LogP contribution in [-0.4, -0.2) is 18.3 Å². The number of allylic oxidation sites excluding steroid dienone is 1. The van der Waals surface area contributed by atoms with Crippen molar-refractivity contribution >= 4 is 11.8 Å². The first-order valence-corrected chi connectivity index (χ1v) is 8.98. The number of nitrogens with one attached hydrogen (secondary N) is 1. The number of hydrogen-bond donors (Lipinski definition) is 1. The van der Waals surface area contributed by atoms with Gasteiger partial charge in [0, 0.05) is 16.7 Å². The lowest BCUT2D eigenvalue weighted by Gasteiger charge is -2.18. The minimum atomic E-state index is -0.109. The minimum absolute atomic E-state index is 0.109. The molecular weight excluding hydrogens is 281 g/mol. The van der Waals surface area contributed by atoms with Crippen molar-refractivity contribution < 1.29 is 4.39 Å². The molecule has 1 unspecified atom stereocenters. The largest absolute Gasteiger partial charge is 0.313 e. The summed E-state index contributed by atoms with van der Waals surface area (Å²) >= 11 is 1.62. The van der Waals surface area contributed by atoms with E-state index in [-0.39, 0.29) is 5.82 Å². The van der Waals surface area contributed by atoms with Gasteiger partial charge in [0.2, 0.25) is 0 Å². The lowest BCUT2D eigenvalue weighted by Crippen LogP contribution is -2.32. The average Bonchev–Trinajstić information content (AvgIpc) is 2.50. The van der Waals surface area contributed by atoms with Crippen molar-refractivity contribution in [2.24, 2.45) is 0 Å². The third-order valence-electron chi connectivity index (χ3n) is 3.42. The van der Waals surface area contributed by atoms with Gasteiger partial charge in [-0.15, -0.1) is 18.3 Å². The molecule has 118 valence electrons. The number of thioether (sulfide) groups is 1.